The topological polar surface area (TPSA) is 35.5 Å². The van der Waals surface area contributed by atoms with Gasteiger partial charge in [0.15, 0.2) is 0 Å². The van der Waals surface area contributed by atoms with Crippen LogP contribution >= 0.6 is 0 Å². The lowest BCUT2D eigenvalue weighted by Crippen LogP contribution is -2.09. The van der Waals surface area contributed by atoms with Gasteiger partial charge in [0, 0.05) is 0 Å². The van der Waals surface area contributed by atoms with E-state index in [4.69, 9.17) is 0 Å². The number of carbonyl (C=O) groups excluding carboxylic acids is 1. The summed E-state index contributed by atoms with van der Waals surface area (Å²) in [5, 5.41) is 0. The molecule has 0 radical (unpaired) electrons. The van der Waals surface area contributed by atoms with E-state index in [-0.39, 0.29) is 11.3 Å². The molecule has 0 bridgehead atoms. The van der Waals surface area contributed by atoms with E-state index in [9.17, 15) is 13.6 Å². The molecule has 5 heteroatoms. The Hall–Kier alpha value is -1.91. The van der Waals surface area contributed by atoms with Crippen molar-refractivity contribution in [2.45, 2.75) is 13.0 Å². The second-order valence-corrected chi connectivity index (χ2v) is 3.19. The van der Waals surface area contributed by atoms with Crippen molar-refractivity contribution in [2.75, 3.05) is 7.11 Å². The largest absolute Gasteiger partial charge is 0.465 e. The Balaban J connectivity index is 3.11. The van der Waals surface area contributed by atoms with Gasteiger partial charge in [-0.1, -0.05) is 12.1 Å². The van der Waals surface area contributed by atoms with Crippen LogP contribution in [0, 0.1) is 0 Å². The fraction of sp³-hybridized carbons (Fsp3) is 0.250. The van der Waals surface area contributed by atoms with Gasteiger partial charge >= 0.3 is 12.6 Å². The molecule has 0 amide bonds. The molecular weight excluding hydrogens is 230 g/mol. The van der Waals surface area contributed by atoms with Crippen molar-refractivity contribution in [2.24, 2.45) is 0 Å². The number of esters is 1. The maximum absolute atomic E-state index is 12.2. The van der Waals surface area contributed by atoms with Gasteiger partial charge in [-0.05, 0) is 24.1 Å². The number of hydrogen-bond acceptors (Lipinski definition) is 3. The summed E-state index contributed by atoms with van der Waals surface area (Å²) in [6.07, 6.45) is 2.13. The minimum absolute atomic E-state index is 0.0272. The van der Waals surface area contributed by atoms with Gasteiger partial charge in [0.2, 0.25) is 0 Å². The fourth-order valence-electron chi connectivity index (χ4n) is 1.33. The Morgan fingerprint density at radius 3 is 2.76 bits per heavy atom. The van der Waals surface area contributed by atoms with Crippen LogP contribution in [0.3, 0.4) is 0 Å². The highest BCUT2D eigenvalue weighted by atomic mass is 19.3. The van der Waals surface area contributed by atoms with Crippen LogP contribution in [-0.4, -0.2) is 19.7 Å². The average molecular weight is 242 g/mol. The van der Waals surface area contributed by atoms with Gasteiger partial charge in [0.05, 0.1) is 7.11 Å². The van der Waals surface area contributed by atoms with Crippen LogP contribution in [0.15, 0.2) is 30.9 Å². The lowest BCUT2D eigenvalue weighted by molar-refractivity contribution is -0.0504. The summed E-state index contributed by atoms with van der Waals surface area (Å²) in [5.41, 5.74) is 0.698. The molecule has 1 rings (SSSR count). The van der Waals surface area contributed by atoms with E-state index in [2.05, 4.69) is 16.1 Å². The highest BCUT2D eigenvalue weighted by molar-refractivity contribution is 5.92. The number of benzene rings is 1. The number of carbonyl (C=O) groups is 1. The minimum Gasteiger partial charge on any atom is -0.465 e. The highest BCUT2D eigenvalue weighted by Gasteiger charge is 2.16. The fourth-order valence-corrected chi connectivity index (χ4v) is 1.33. The van der Waals surface area contributed by atoms with E-state index in [1.807, 2.05) is 0 Å². The van der Waals surface area contributed by atoms with Crippen molar-refractivity contribution in [1.82, 2.24) is 0 Å². The monoisotopic (exact) mass is 242 g/mol. The summed E-state index contributed by atoms with van der Waals surface area (Å²) in [5.74, 6) is -0.906. The SMILES string of the molecule is C=CCc1ccc(C(=O)OC)c(OC(F)F)c1. The van der Waals surface area contributed by atoms with Gasteiger partial charge in [0.25, 0.3) is 0 Å². The lowest BCUT2D eigenvalue weighted by atomic mass is 10.1. The van der Waals surface area contributed by atoms with Gasteiger partial charge in [-0.15, -0.1) is 6.58 Å². The quantitative estimate of drug-likeness (QED) is 0.588. The molecule has 0 saturated carbocycles. The molecule has 0 aliphatic heterocycles. The number of rotatable bonds is 5. The molecule has 1 aromatic rings. The summed E-state index contributed by atoms with van der Waals surface area (Å²) in [6, 6.07) is 4.40. The smallest absolute Gasteiger partial charge is 0.387 e. The number of allylic oxidation sites excluding steroid dienone is 1. The Morgan fingerprint density at radius 1 is 1.53 bits per heavy atom. The van der Waals surface area contributed by atoms with Crippen molar-refractivity contribution in [3.8, 4) is 5.75 Å². The van der Waals surface area contributed by atoms with Crippen LogP contribution < -0.4 is 4.74 Å². The molecule has 0 N–H and O–H groups in total. The number of methoxy groups -OCH3 is 1. The third-order valence-electron chi connectivity index (χ3n) is 2.05. The third-order valence-corrected chi connectivity index (χ3v) is 2.05. The summed E-state index contributed by atoms with van der Waals surface area (Å²) in [4.78, 5) is 11.3. The van der Waals surface area contributed by atoms with Crippen molar-refractivity contribution >= 4 is 5.97 Å². The average Bonchev–Trinajstić information content (AvgIpc) is 2.28. The van der Waals surface area contributed by atoms with Crippen molar-refractivity contribution in [3.05, 3.63) is 42.0 Å². The van der Waals surface area contributed by atoms with Crippen LogP contribution in [0.5, 0.6) is 5.75 Å². The first-order valence-electron chi connectivity index (χ1n) is 4.85. The molecule has 1 aromatic carbocycles. The highest BCUT2D eigenvalue weighted by Crippen LogP contribution is 2.23. The van der Waals surface area contributed by atoms with Crippen LogP contribution in [0.4, 0.5) is 8.78 Å². The van der Waals surface area contributed by atoms with Crippen LogP contribution in [0.2, 0.25) is 0 Å². The zero-order chi connectivity index (χ0) is 12.8. The second kappa shape index (κ2) is 5.98. The molecule has 0 fully saturated rings. The Bertz CT molecular complexity index is 416. The Morgan fingerprint density at radius 2 is 2.24 bits per heavy atom. The van der Waals surface area contributed by atoms with Crippen molar-refractivity contribution in [1.29, 1.82) is 0 Å². The van der Waals surface area contributed by atoms with Crippen LogP contribution in [0.25, 0.3) is 0 Å². The van der Waals surface area contributed by atoms with E-state index in [0.29, 0.717) is 6.42 Å². The summed E-state index contributed by atoms with van der Waals surface area (Å²) in [6.45, 7) is 0.551. The first-order valence-corrected chi connectivity index (χ1v) is 4.85. The number of alkyl halides is 2. The third kappa shape index (κ3) is 3.55. The number of halogens is 2. The number of ether oxygens (including phenoxy) is 2. The molecule has 0 spiro atoms. The summed E-state index contributed by atoms with van der Waals surface area (Å²) in [7, 11) is 1.17. The lowest BCUT2D eigenvalue weighted by Gasteiger charge is -2.10. The molecule has 3 nitrogen and oxygen atoms in total. The van der Waals surface area contributed by atoms with Gasteiger partial charge in [-0.2, -0.15) is 8.78 Å². The summed E-state index contributed by atoms with van der Waals surface area (Å²) < 4.78 is 33.1. The first-order chi connectivity index (χ1) is 8.08. The normalized spacial score (nSPS) is 10.1. The molecule has 0 atom stereocenters. The second-order valence-electron chi connectivity index (χ2n) is 3.19. The molecule has 17 heavy (non-hydrogen) atoms. The predicted octanol–water partition coefficient (Wildman–Crippen LogP) is 2.80. The first kappa shape index (κ1) is 13.2. The Labute approximate surface area is 97.7 Å². The van der Waals surface area contributed by atoms with E-state index in [1.54, 1.807) is 12.1 Å². The summed E-state index contributed by atoms with van der Waals surface area (Å²) >= 11 is 0. The molecule has 0 unspecified atom stereocenters. The minimum atomic E-state index is -2.99. The zero-order valence-electron chi connectivity index (χ0n) is 9.28. The van der Waals surface area contributed by atoms with Crippen LogP contribution in [-0.2, 0) is 11.2 Å². The molecule has 0 saturated heterocycles. The molecule has 0 heterocycles. The molecule has 0 aliphatic carbocycles. The van der Waals surface area contributed by atoms with Crippen molar-refractivity contribution in [3.63, 3.8) is 0 Å². The van der Waals surface area contributed by atoms with Crippen LogP contribution in [0.1, 0.15) is 15.9 Å². The predicted molar refractivity (Wildman–Crippen MR) is 58.3 cm³/mol. The standard InChI is InChI=1S/C12H12F2O3/c1-3-4-8-5-6-9(11(15)16-2)10(7-8)17-12(13)14/h3,5-7,12H,1,4H2,2H3. The Kier molecular flexibility index (Phi) is 4.63. The molecule has 92 valence electrons. The molecule has 0 aromatic heterocycles. The van der Waals surface area contributed by atoms with E-state index in [0.717, 1.165) is 5.56 Å². The zero-order valence-corrected chi connectivity index (χ0v) is 9.28. The maximum atomic E-state index is 12.2. The van der Waals surface area contributed by atoms with Gasteiger partial charge < -0.3 is 9.47 Å². The van der Waals surface area contributed by atoms with Crippen molar-refractivity contribution < 1.29 is 23.0 Å². The van der Waals surface area contributed by atoms with E-state index < -0.39 is 12.6 Å². The van der Waals surface area contributed by atoms with E-state index >= 15 is 0 Å². The molecular formula is C12H12F2O3. The maximum Gasteiger partial charge on any atom is 0.387 e. The van der Waals surface area contributed by atoms with Gasteiger partial charge in [-0.3, -0.25) is 0 Å². The number of hydrogen-bond donors (Lipinski definition) is 0. The van der Waals surface area contributed by atoms with Gasteiger partial charge in [0.1, 0.15) is 11.3 Å². The van der Waals surface area contributed by atoms with Gasteiger partial charge in [-0.25, -0.2) is 4.79 Å². The molecule has 0 aliphatic rings. The van der Waals surface area contributed by atoms with E-state index in [1.165, 1.54) is 19.2 Å².